The molecule has 0 aromatic rings. The zero-order valence-corrected chi connectivity index (χ0v) is 11.3. The molecule has 1 fully saturated rings. The molecule has 1 aliphatic heterocycles. The SMILES string of the molecule is CC(=O)SC[C@@H](C)C(=O)N1CSC[C@@H]1C(=O)O. The smallest absolute Gasteiger partial charge is 0.327 e. The van der Waals surface area contributed by atoms with Gasteiger partial charge in [-0.25, -0.2) is 4.79 Å². The molecule has 7 heteroatoms. The maximum atomic E-state index is 12.0. The molecule has 1 heterocycles. The molecule has 2 atom stereocenters. The second kappa shape index (κ2) is 6.30. The molecule has 0 aliphatic carbocycles. The first-order chi connectivity index (χ1) is 7.93. The molecule has 0 aromatic carbocycles. The lowest BCUT2D eigenvalue weighted by molar-refractivity contribution is -0.148. The van der Waals surface area contributed by atoms with Crippen molar-refractivity contribution in [3.63, 3.8) is 0 Å². The number of carboxylic acid groups (broad SMARTS) is 1. The number of hydrogen-bond donors (Lipinski definition) is 1. The van der Waals surface area contributed by atoms with E-state index in [2.05, 4.69) is 0 Å². The molecule has 1 saturated heterocycles. The van der Waals surface area contributed by atoms with Gasteiger partial charge in [-0.15, -0.1) is 11.8 Å². The van der Waals surface area contributed by atoms with Gasteiger partial charge in [0.2, 0.25) is 5.91 Å². The summed E-state index contributed by atoms with van der Waals surface area (Å²) in [6.07, 6.45) is 0. The molecule has 0 bridgehead atoms. The Morgan fingerprint density at radius 1 is 1.53 bits per heavy atom. The molecule has 96 valence electrons. The summed E-state index contributed by atoms with van der Waals surface area (Å²) >= 11 is 2.53. The van der Waals surface area contributed by atoms with E-state index in [1.165, 1.54) is 23.6 Å². The third-order valence-electron chi connectivity index (χ3n) is 2.41. The number of nitrogens with zero attached hydrogens (tertiary/aromatic N) is 1. The topological polar surface area (TPSA) is 74.7 Å². The first-order valence-electron chi connectivity index (χ1n) is 5.18. The average Bonchev–Trinajstić information content (AvgIpc) is 2.73. The maximum Gasteiger partial charge on any atom is 0.327 e. The van der Waals surface area contributed by atoms with Crippen molar-refractivity contribution in [3.05, 3.63) is 0 Å². The predicted octanol–water partition coefficient (Wildman–Crippen LogP) is 0.888. The third kappa shape index (κ3) is 3.92. The molecule has 0 unspecified atom stereocenters. The minimum atomic E-state index is -0.963. The number of aliphatic carboxylic acids is 1. The minimum absolute atomic E-state index is 0.0322. The lowest BCUT2D eigenvalue weighted by atomic mass is 10.1. The highest BCUT2D eigenvalue weighted by atomic mass is 32.2. The van der Waals surface area contributed by atoms with E-state index in [0.29, 0.717) is 17.4 Å². The lowest BCUT2D eigenvalue weighted by Crippen LogP contribution is -2.44. The summed E-state index contributed by atoms with van der Waals surface area (Å²) in [5, 5.41) is 8.93. The Morgan fingerprint density at radius 3 is 2.71 bits per heavy atom. The van der Waals surface area contributed by atoms with Gasteiger partial charge in [-0.3, -0.25) is 9.59 Å². The highest BCUT2D eigenvalue weighted by molar-refractivity contribution is 8.13. The first-order valence-corrected chi connectivity index (χ1v) is 7.32. The van der Waals surface area contributed by atoms with E-state index >= 15 is 0 Å². The van der Waals surface area contributed by atoms with Crippen LogP contribution in [0.2, 0.25) is 0 Å². The Bertz CT molecular complexity index is 334. The van der Waals surface area contributed by atoms with Crippen LogP contribution in [0.3, 0.4) is 0 Å². The molecule has 0 spiro atoms. The second-order valence-electron chi connectivity index (χ2n) is 3.87. The van der Waals surface area contributed by atoms with Crippen LogP contribution in [0.15, 0.2) is 0 Å². The molecule has 1 amide bonds. The largest absolute Gasteiger partial charge is 0.480 e. The number of rotatable bonds is 4. The van der Waals surface area contributed by atoms with Crippen LogP contribution < -0.4 is 0 Å². The standard InChI is InChI=1S/C10H15NO4S2/c1-6(3-17-7(2)12)9(13)11-5-16-4-8(11)10(14)15/h6,8H,3-5H2,1-2H3,(H,14,15)/t6-,8-/m1/s1. The van der Waals surface area contributed by atoms with Crippen LogP contribution in [0.5, 0.6) is 0 Å². The number of amides is 1. The first kappa shape index (κ1) is 14.4. The van der Waals surface area contributed by atoms with Gasteiger partial charge in [-0.1, -0.05) is 18.7 Å². The van der Waals surface area contributed by atoms with Crippen LogP contribution in [0.25, 0.3) is 0 Å². The highest BCUT2D eigenvalue weighted by Crippen LogP contribution is 2.24. The molecule has 1 N–H and O–H groups in total. The molecule has 0 saturated carbocycles. The van der Waals surface area contributed by atoms with Crippen molar-refractivity contribution in [1.82, 2.24) is 4.90 Å². The van der Waals surface area contributed by atoms with Crippen molar-refractivity contribution >= 4 is 40.5 Å². The van der Waals surface area contributed by atoms with Gasteiger partial charge in [-0.05, 0) is 0 Å². The van der Waals surface area contributed by atoms with Gasteiger partial charge >= 0.3 is 5.97 Å². The van der Waals surface area contributed by atoms with E-state index in [1.54, 1.807) is 6.92 Å². The fraction of sp³-hybridized carbons (Fsp3) is 0.700. The Kier molecular flexibility index (Phi) is 5.32. The van der Waals surface area contributed by atoms with Gasteiger partial charge in [0.15, 0.2) is 5.12 Å². The van der Waals surface area contributed by atoms with Crippen LogP contribution in [-0.4, -0.2) is 50.4 Å². The fourth-order valence-corrected chi connectivity index (χ4v) is 3.24. The number of thioether (sulfide) groups is 2. The minimum Gasteiger partial charge on any atom is -0.480 e. The molecule has 5 nitrogen and oxygen atoms in total. The zero-order chi connectivity index (χ0) is 13.0. The van der Waals surface area contributed by atoms with Crippen molar-refractivity contribution in [2.45, 2.75) is 19.9 Å². The Hall–Kier alpha value is -0.690. The molecule has 0 radical (unpaired) electrons. The maximum absolute atomic E-state index is 12.0. The van der Waals surface area contributed by atoms with Gasteiger partial charge < -0.3 is 10.0 Å². The number of carboxylic acids is 1. The molecule has 1 rings (SSSR count). The van der Waals surface area contributed by atoms with Crippen molar-refractivity contribution in [3.8, 4) is 0 Å². The van der Waals surface area contributed by atoms with Crippen molar-refractivity contribution in [2.24, 2.45) is 5.92 Å². The van der Waals surface area contributed by atoms with Gasteiger partial charge in [0, 0.05) is 24.3 Å². The summed E-state index contributed by atoms with van der Waals surface area (Å²) in [6.45, 7) is 3.17. The van der Waals surface area contributed by atoms with Gasteiger partial charge in [-0.2, -0.15) is 0 Å². The van der Waals surface area contributed by atoms with E-state index < -0.39 is 12.0 Å². The van der Waals surface area contributed by atoms with Gasteiger partial charge in [0.25, 0.3) is 0 Å². The third-order valence-corrected chi connectivity index (χ3v) is 4.49. The van der Waals surface area contributed by atoms with Crippen LogP contribution in [-0.2, 0) is 14.4 Å². The molecular formula is C10H15NO4S2. The molecular weight excluding hydrogens is 262 g/mol. The molecule has 0 aromatic heterocycles. The van der Waals surface area contributed by atoms with Crippen molar-refractivity contribution in [2.75, 3.05) is 17.4 Å². The van der Waals surface area contributed by atoms with E-state index in [9.17, 15) is 14.4 Å². The summed E-state index contributed by atoms with van der Waals surface area (Å²) in [4.78, 5) is 35.1. The van der Waals surface area contributed by atoms with Crippen LogP contribution in [0, 0.1) is 5.92 Å². The van der Waals surface area contributed by atoms with Gasteiger partial charge in [0.1, 0.15) is 6.04 Å². The summed E-state index contributed by atoms with van der Waals surface area (Å²) in [5.41, 5.74) is 0. The van der Waals surface area contributed by atoms with E-state index in [4.69, 9.17) is 5.11 Å². The summed E-state index contributed by atoms with van der Waals surface area (Å²) in [5.74, 6) is -0.212. The lowest BCUT2D eigenvalue weighted by Gasteiger charge is -2.23. The van der Waals surface area contributed by atoms with E-state index in [1.807, 2.05) is 0 Å². The second-order valence-corrected chi connectivity index (χ2v) is 6.06. The van der Waals surface area contributed by atoms with Gasteiger partial charge in [0.05, 0.1) is 5.88 Å². The summed E-state index contributed by atoms with van der Waals surface area (Å²) < 4.78 is 0. The Morgan fingerprint density at radius 2 is 2.18 bits per heavy atom. The Balaban J connectivity index is 2.56. The summed E-state index contributed by atoms with van der Waals surface area (Å²) in [6, 6.07) is -0.725. The quantitative estimate of drug-likeness (QED) is 0.822. The monoisotopic (exact) mass is 277 g/mol. The Labute approximate surface area is 108 Å². The average molecular weight is 277 g/mol. The highest BCUT2D eigenvalue weighted by Gasteiger charge is 2.36. The fourth-order valence-electron chi connectivity index (χ4n) is 1.46. The van der Waals surface area contributed by atoms with Crippen LogP contribution in [0.1, 0.15) is 13.8 Å². The zero-order valence-electron chi connectivity index (χ0n) is 9.71. The van der Waals surface area contributed by atoms with Crippen LogP contribution >= 0.6 is 23.5 Å². The number of carbonyl (C=O) groups is 3. The molecule has 1 aliphatic rings. The number of hydrogen-bond acceptors (Lipinski definition) is 5. The number of carbonyl (C=O) groups excluding carboxylic acids is 2. The van der Waals surface area contributed by atoms with Crippen LogP contribution in [0.4, 0.5) is 0 Å². The van der Waals surface area contributed by atoms with Crippen molar-refractivity contribution < 1.29 is 19.5 Å². The normalized spacial score (nSPS) is 21.3. The van der Waals surface area contributed by atoms with E-state index in [0.717, 1.165) is 11.8 Å². The summed E-state index contributed by atoms with van der Waals surface area (Å²) in [7, 11) is 0. The van der Waals surface area contributed by atoms with E-state index in [-0.39, 0.29) is 16.9 Å². The van der Waals surface area contributed by atoms with Crippen molar-refractivity contribution in [1.29, 1.82) is 0 Å². The predicted molar refractivity (Wildman–Crippen MR) is 67.9 cm³/mol. The molecule has 17 heavy (non-hydrogen) atoms.